The number of hydrogen-bond acceptors (Lipinski definition) is 1. The van der Waals surface area contributed by atoms with Gasteiger partial charge in [0.25, 0.3) is 0 Å². The van der Waals surface area contributed by atoms with E-state index in [0.717, 1.165) is 6.54 Å². The summed E-state index contributed by atoms with van der Waals surface area (Å²) in [6.07, 6.45) is 8.66. The molecule has 0 amide bonds. The number of rotatable bonds is 1. The summed E-state index contributed by atoms with van der Waals surface area (Å²) < 4.78 is 0. The second kappa shape index (κ2) is 3.30. The van der Waals surface area contributed by atoms with E-state index in [2.05, 4.69) is 31.3 Å². The molecular weight excluding hydrogens is 158 g/mol. The van der Waals surface area contributed by atoms with Gasteiger partial charge < -0.3 is 5.32 Å². The van der Waals surface area contributed by atoms with Crippen molar-refractivity contribution >= 4 is 0 Å². The Balaban J connectivity index is 2.27. The summed E-state index contributed by atoms with van der Waals surface area (Å²) in [6.45, 7) is 6.67. The van der Waals surface area contributed by atoms with Crippen LogP contribution in [0.3, 0.4) is 0 Å². The average molecular weight is 177 g/mol. The van der Waals surface area contributed by atoms with Gasteiger partial charge in [-0.15, -0.1) is 0 Å². The molecule has 13 heavy (non-hydrogen) atoms. The first-order valence-electron chi connectivity index (χ1n) is 5.39. The van der Waals surface area contributed by atoms with Crippen LogP contribution in [0.15, 0.2) is 23.3 Å². The molecule has 0 radical (unpaired) electrons. The molecule has 1 saturated heterocycles. The lowest BCUT2D eigenvalue weighted by Gasteiger charge is -2.29. The van der Waals surface area contributed by atoms with Crippen molar-refractivity contribution in [3.63, 3.8) is 0 Å². The van der Waals surface area contributed by atoms with Gasteiger partial charge in [0.2, 0.25) is 0 Å². The fourth-order valence-electron chi connectivity index (χ4n) is 2.37. The van der Waals surface area contributed by atoms with Gasteiger partial charge in [-0.2, -0.15) is 0 Å². The molecule has 0 aromatic rings. The molecule has 2 rings (SSSR count). The molecule has 1 aliphatic carbocycles. The predicted octanol–water partition coefficient (Wildman–Crippen LogP) is 2.65. The van der Waals surface area contributed by atoms with Crippen LogP contribution in [0.25, 0.3) is 0 Å². The molecule has 72 valence electrons. The molecule has 1 nitrogen and oxygen atoms in total. The summed E-state index contributed by atoms with van der Waals surface area (Å²) >= 11 is 0. The zero-order valence-corrected chi connectivity index (χ0v) is 8.69. The Morgan fingerprint density at radius 2 is 2.23 bits per heavy atom. The largest absolute Gasteiger partial charge is 0.312 e. The van der Waals surface area contributed by atoms with Gasteiger partial charge in [0.15, 0.2) is 0 Å². The monoisotopic (exact) mass is 177 g/mol. The van der Waals surface area contributed by atoms with E-state index in [1.165, 1.54) is 31.4 Å². The van der Waals surface area contributed by atoms with Crippen LogP contribution in [0.2, 0.25) is 0 Å². The molecule has 1 spiro atoms. The molecule has 0 aromatic heterocycles. The fourth-order valence-corrected chi connectivity index (χ4v) is 2.37. The van der Waals surface area contributed by atoms with Gasteiger partial charge in [-0.05, 0) is 37.3 Å². The average Bonchev–Trinajstić information content (AvgIpc) is 2.90. The van der Waals surface area contributed by atoms with E-state index in [0.29, 0.717) is 5.41 Å². The third-order valence-electron chi connectivity index (χ3n) is 3.31. The molecule has 0 aromatic carbocycles. The minimum atomic E-state index is 0.552. The number of piperidine rings is 1. The van der Waals surface area contributed by atoms with Crippen molar-refractivity contribution < 1.29 is 0 Å². The van der Waals surface area contributed by atoms with Gasteiger partial charge in [-0.3, -0.25) is 0 Å². The van der Waals surface area contributed by atoms with Gasteiger partial charge in [0.1, 0.15) is 0 Å². The van der Waals surface area contributed by atoms with Gasteiger partial charge >= 0.3 is 0 Å². The highest BCUT2D eigenvalue weighted by atomic mass is 14.9. The smallest absolute Gasteiger partial charge is 0.0205 e. The maximum Gasteiger partial charge on any atom is 0.0205 e. The Labute approximate surface area is 80.9 Å². The van der Waals surface area contributed by atoms with Crippen molar-refractivity contribution in [1.82, 2.24) is 5.32 Å². The molecule has 1 heterocycles. The summed E-state index contributed by atoms with van der Waals surface area (Å²) in [5, 5.41) is 3.52. The highest BCUT2D eigenvalue weighted by Gasteiger charge is 2.47. The van der Waals surface area contributed by atoms with E-state index in [-0.39, 0.29) is 0 Å². The predicted molar refractivity (Wildman–Crippen MR) is 56.7 cm³/mol. The van der Waals surface area contributed by atoms with Crippen molar-refractivity contribution in [1.29, 1.82) is 0 Å². The van der Waals surface area contributed by atoms with E-state index < -0.39 is 0 Å². The summed E-state index contributed by atoms with van der Waals surface area (Å²) in [5.74, 6) is 0. The first kappa shape index (κ1) is 9.01. The van der Waals surface area contributed by atoms with Crippen LogP contribution in [0.1, 0.15) is 33.1 Å². The van der Waals surface area contributed by atoms with E-state index in [4.69, 9.17) is 0 Å². The van der Waals surface area contributed by atoms with Gasteiger partial charge in [0, 0.05) is 18.5 Å². The molecule has 2 fully saturated rings. The molecule has 1 heteroatoms. The summed E-state index contributed by atoms with van der Waals surface area (Å²) in [7, 11) is 0. The van der Waals surface area contributed by atoms with Crippen molar-refractivity contribution in [2.45, 2.75) is 33.1 Å². The Morgan fingerprint density at radius 3 is 2.77 bits per heavy atom. The van der Waals surface area contributed by atoms with E-state index in [1.807, 2.05) is 0 Å². The molecule has 0 bridgehead atoms. The number of allylic oxidation sites excluding steroid dienone is 2. The minimum Gasteiger partial charge on any atom is -0.312 e. The second-order valence-electron chi connectivity index (χ2n) is 4.22. The Kier molecular flexibility index (Phi) is 2.29. The standard InChI is InChI=1S/C12H19N/c1-3-5-11-10(4-2)8-13-9-12(11)6-7-12/h4-5,13H,3,6-9H2,1-2H3/b10-4-,11-5+. The zero-order chi connectivity index (χ0) is 9.31. The second-order valence-corrected chi connectivity index (χ2v) is 4.22. The van der Waals surface area contributed by atoms with Crippen LogP contribution >= 0.6 is 0 Å². The summed E-state index contributed by atoms with van der Waals surface area (Å²) in [6, 6.07) is 0. The van der Waals surface area contributed by atoms with E-state index >= 15 is 0 Å². The van der Waals surface area contributed by atoms with Crippen LogP contribution in [0, 0.1) is 5.41 Å². The van der Waals surface area contributed by atoms with Crippen molar-refractivity contribution in [2.75, 3.05) is 13.1 Å². The van der Waals surface area contributed by atoms with Crippen LogP contribution in [-0.4, -0.2) is 13.1 Å². The minimum absolute atomic E-state index is 0.552. The highest BCUT2D eigenvalue weighted by Crippen LogP contribution is 2.55. The number of nitrogens with one attached hydrogen (secondary N) is 1. The SMILES string of the molecule is C/C=C1/CNCC2(CC2)/C1=C/CC. The summed E-state index contributed by atoms with van der Waals surface area (Å²) in [5.41, 5.74) is 3.73. The molecule has 0 atom stereocenters. The normalized spacial score (nSPS) is 31.5. The maximum absolute atomic E-state index is 3.52. The van der Waals surface area contributed by atoms with Crippen LogP contribution in [0.5, 0.6) is 0 Å². The highest BCUT2D eigenvalue weighted by molar-refractivity contribution is 5.43. The van der Waals surface area contributed by atoms with Gasteiger partial charge in [0.05, 0.1) is 0 Å². The third-order valence-corrected chi connectivity index (χ3v) is 3.31. The molecule has 2 aliphatic rings. The lowest BCUT2D eigenvalue weighted by molar-refractivity contribution is 0.503. The number of hydrogen-bond donors (Lipinski definition) is 1. The maximum atomic E-state index is 3.52. The molecular formula is C12H19N. The molecule has 1 saturated carbocycles. The molecule has 1 N–H and O–H groups in total. The first-order chi connectivity index (χ1) is 6.32. The Bertz CT molecular complexity index is 256. The third kappa shape index (κ3) is 1.46. The quantitative estimate of drug-likeness (QED) is 0.649. The topological polar surface area (TPSA) is 12.0 Å². The van der Waals surface area contributed by atoms with Crippen LogP contribution in [0.4, 0.5) is 0 Å². The van der Waals surface area contributed by atoms with Gasteiger partial charge in [-0.25, -0.2) is 0 Å². The molecule has 0 unspecified atom stereocenters. The first-order valence-corrected chi connectivity index (χ1v) is 5.39. The Morgan fingerprint density at radius 1 is 1.46 bits per heavy atom. The van der Waals surface area contributed by atoms with E-state index in [1.54, 1.807) is 5.57 Å². The van der Waals surface area contributed by atoms with Gasteiger partial charge in [-0.1, -0.05) is 19.1 Å². The van der Waals surface area contributed by atoms with Crippen LogP contribution in [-0.2, 0) is 0 Å². The molecule has 1 aliphatic heterocycles. The van der Waals surface area contributed by atoms with E-state index in [9.17, 15) is 0 Å². The fraction of sp³-hybridized carbons (Fsp3) is 0.667. The summed E-state index contributed by atoms with van der Waals surface area (Å²) in [4.78, 5) is 0. The Hall–Kier alpha value is -0.560. The van der Waals surface area contributed by atoms with Crippen molar-refractivity contribution in [3.8, 4) is 0 Å². The van der Waals surface area contributed by atoms with Crippen molar-refractivity contribution in [2.24, 2.45) is 5.41 Å². The zero-order valence-electron chi connectivity index (χ0n) is 8.69. The van der Waals surface area contributed by atoms with Crippen LogP contribution < -0.4 is 5.32 Å². The van der Waals surface area contributed by atoms with Crippen molar-refractivity contribution in [3.05, 3.63) is 23.3 Å². The lowest BCUT2D eigenvalue weighted by Crippen LogP contribution is -2.34. The lowest BCUT2D eigenvalue weighted by atomic mass is 9.85.